The van der Waals surface area contributed by atoms with E-state index < -0.39 is 0 Å². The molecule has 0 spiro atoms. The second kappa shape index (κ2) is 5.98. The second-order valence-corrected chi connectivity index (χ2v) is 4.56. The summed E-state index contributed by atoms with van der Waals surface area (Å²) in [5.74, 6) is 0. The minimum atomic E-state index is 0.324. The number of hydrogen-bond donors (Lipinski definition) is 1. The summed E-state index contributed by atoms with van der Waals surface area (Å²) in [7, 11) is 1.93. The standard InChI is InChI=1S/C13H21N3O/c1-11-9-16(6-3-7-17-11)10-13-8-12(14-2)4-5-15-13/h4-5,8,11H,3,6-7,9-10H2,1-2H3,(H,14,15). The Bertz CT molecular complexity index is 356. The summed E-state index contributed by atoms with van der Waals surface area (Å²) in [5.41, 5.74) is 2.24. The van der Waals surface area contributed by atoms with Gasteiger partial charge in [0.2, 0.25) is 0 Å². The molecule has 1 atom stereocenters. The molecule has 1 unspecified atom stereocenters. The van der Waals surface area contributed by atoms with Crippen molar-refractivity contribution in [2.75, 3.05) is 32.1 Å². The number of hydrogen-bond acceptors (Lipinski definition) is 4. The van der Waals surface area contributed by atoms with Crippen LogP contribution in [0.4, 0.5) is 5.69 Å². The van der Waals surface area contributed by atoms with Crippen molar-refractivity contribution in [3.8, 4) is 0 Å². The Hall–Kier alpha value is -1.13. The van der Waals surface area contributed by atoms with Crippen molar-refractivity contribution < 1.29 is 4.74 Å². The minimum Gasteiger partial charge on any atom is -0.388 e. The highest BCUT2D eigenvalue weighted by atomic mass is 16.5. The Balaban J connectivity index is 1.98. The lowest BCUT2D eigenvalue weighted by atomic mass is 10.2. The molecule has 1 aromatic heterocycles. The summed E-state index contributed by atoms with van der Waals surface area (Å²) in [6.45, 7) is 6.00. The molecule has 94 valence electrons. The molecule has 1 aliphatic heterocycles. The van der Waals surface area contributed by atoms with Gasteiger partial charge in [-0.2, -0.15) is 0 Å². The van der Waals surface area contributed by atoms with E-state index in [0.29, 0.717) is 6.10 Å². The lowest BCUT2D eigenvalue weighted by Gasteiger charge is -2.21. The van der Waals surface area contributed by atoms with Gasteiger partial charge in [0.1, 0.15) is 0 Å². The van der Waals surface area contributed by atoms with Crippen LogP contribution in [0.2, 0.25) is 0 Å². The molecule has 2 heterocycles. The minimum absolute atomic E-state index is 0.324. The normalized spacial score (nSPS) is 22.1. The Labute approximate surface area is 103 Å². The third kappa shape index (κ3) is 3.68. The summed E-state index contributed by atoms with van der Waals surface area (Å²) in [4.78, 5) is 6.83. The summed E-state index contributed by atoms with van der Waals surface area (Å²) < 4.78 is 5.64. The smallest absolute Gasteiger partial charge is 0.0674 e. The van der Waals surface area contributed by atoms with Crippen molar-refractivity contribution in [2.24, 2.45) is 0 Å². The second-order valence-electron chi connectivity index (χ2n) is 4.56. The third-order valence-corrected chi connectivity index (χ3v) is 3.03. The van der Waals surface area contributed by atoms with Crippen LogP contribution >= 0.6 is 0 Å². The molecule has 1 aliphatic rings. The van der Waals surface area contributed by atoms with Gasteiger partial charge in [0.15, 0.2) is 0 Å². The number of nitrogens with one attached hydrogen (secondary N) is 1. The van der Waals surface area contributed by atoms with Gasteiger partial charge in [-0.25, -0.2) is 0 Å². The van der Waals surface area contributed by atoms with E-state index in [9.17, 15) is 0 Å². The topological polar surface area (TPSA) is 37.4 Å². The van der Waals surface area contributed by atoms with Gasteiger partial charge in [0.05, 0.1) is 11.8 Å². The van der Waals surface area contributed by atoms with E-state index >= 15 is 0 Å². The van der Waals surface area contributed by atoms with Crippen LogP contribution in [-0.4, -0.2) is 42.7 Å². The molecule has 0 bridgehead atoms. The molecule has 1 saturated heterocycles. The van der Waals surface area contributed by atoms with Crippen molar-refractivity contribution >= 4 is 5.69 Å². The Morgan fingerprint density at radius 3 is 3.29 bits per heavy atom. The fraction of sp³-hybridized carbons (Fsp3) is 0.615. The number of rotatable bonds is 3. The number of anilines is 1. The first kappa shape index (κ1) is 12.3. The lowest BCUT2D eigenvalue weighted by Crippen LogP contribution is -2.30. The molecule has 2 rings (SSSR count). The summed E-state index contributed by atoms with van der Waals surface area (Å²) in [6.07, 6.45) is 3.29. The first-order valence-electron chi connectivity index (χ1n) is 6.24. The predicted molar refractivity (Wildman–Crippen MR) is 69.1 cm³/mol. The maximum atomic E-state index is 5.64. The van der Waals surface area contributed by atoms with Crippen molar-refractivity contribution in [3.63, 3.8) is 0 Å². The first-order chi connectivity index (χ1) is 8.28. The molecule has 1 N–H and O–H groups in total. The van der Waals surface area contributed by atoms with Gasteiger partial charge < -0.3 is 10.1 Å². The van der Waals surface area contributed by atoms with Crippen LogP contribution in [0.25, 0.3) is 0 Å². The van der Waals surface area contributed by atoms with Gasteiger partial charge in [-0.3, -0.25) is 9.88 Å². The number of nitrogens with zero attached hydrogens (tertiary/aromatic N) is 2. The summed E-state index contributed by atoms with van der Waals surface area (Å²) in [6, 6.07) is 4.09. The van der Waals surface area contributed by atoms with Crippen LogP contribution in [-0.2, 0) is 11.3 Å². The van der Waals surface area contributed by atoms with Gasteiger partial charge in [-0.05, 0) is 25.5 Å². The largest absolute Gasteiger partial charge is 0.388 e. The molecular weight excluding hydrogens is 214 g/mol. The van der Waals surface area contributed by atoms with E-state index in [2.05, 4.69) is 28.2 Å². The van der Waals surface area contributed by atoms with Crippen molar-refractivity contribution in [1.82, 2.24) is 9.88 Å². The van der Waals surface area contributed by atoms with Crippen LogP contribution in [0, 0.1) is 0 Å². The van der Waals surface area contributed by atoms with Crippen LogP contribution < -0.4 is 5.32 Å². The van der Waals surface area contributed by atoms with Gasteiger partial charge in [-0.15, -0.1) is 0 Å². The maximum Gasteiger partial charge on any atom is 0.0674 e. The fourth-order valence-corrected chi connectivity index (χ4v) is 2.17. The van der Waals surface area contributed by atoms with Gasteiger partial charge in [0, 0.05) is 45.2 Å². The van der Waals surface area contributed by atoms with E-state index in [1.165, 1.54) is 0 Å². The molecule has 4 heteroatoms. The average Bonchev–Trinajstić information content (AvgIpc) is 2.54. The zero-order valence-electron chi connectivity index (χ0n) is 10.6. The quantitative estimate of drug-likeness (QED) is 0.866. The van der Waals surface area contributed by atoms with Crippen LogP contribution in [0.5, 0.6) is 0 Å². The van der Waals surface area contributed by atoms with E-state index in [1.807, 2.05) is 19.3 Å². The molecule has 4 nitrogen and oxygen atoms in total. The molecule has 0 amide bonds. The van der Waals surface area contributed by atoms with Crippen LogP contribution in [0.1, 0.15) is 19.0 Å². The number of aromatic nitrogens is 1. The van der Waals surface area contributed by atoms with Crippen molar-refractivity contribution in [3.05, 3.63) is 24.0 Å². The van der Waals surface area contributed by atoms with Crippen molar-refractivity contribution in [1.29, 1.82) is 0 Å². The Morgan fingerprint density at radius 1 is 1.59 bits per heavy atom. The first-order valence-corrected chi connectivity index (χ1v) is 6.24. The molecular formula is C13H21N3O. The highest BCUT2D eigenvalue weighted by Gasteiger charge is 2.15. The van der Waals surface area contributed by atoms with Crippen molar-refractivity contribution in [2.45, 2.75) is 26.0 Å². The fourth-order valence-electron chi connectivity index (χ4n) is 2.17. The van der Waals surface area contributed by atoms with Crippen LogP contribution in [0.3, 0.4) is 0 Å². The van der Waals surface area contributed by atoms with Gasteiger partial charge >= 0.3 is 0 Å². The number of ether oxygens (including phenoxy) is 1. The van der Waals surface area contributed by atoms with E-state index in [1.54, 1.807) is 0 Å². The lowest BCUT2D eigenvalue weighted by molar-refractivity contribution is 0.0666. The van der Waals surface area contributed by atoms with Gasteiger partial charge in [-0.1, -0.05) is 0 Å². The molecule has 0 aromatic carbocycles. The monoisotopic (exact) mass is 235 g/mol. The Kier molecular flexibility index (Phi) is 4.34. The predicted octanol–water partition coefficient (Wildman–Crippen LogP) is 1.73. The average molecular weight is 235 g/mol. The molecule has 0 aliphatic carbocycles. The summed E-state index contributed by atoms with van der Waals surface area (Å²) >= 11 is 0. The molecule has 1 fully saturated rings. The molecule has 0 saturated carbocycles. The molecule has 1 aromatic rings. The molecule has 17 heavy (non-hydrogen) atoms. The van der Waals surface area contributed by atoms with E-state index in [4.69, 9.17) is 4.74 Å². The van der Waals surface area contributed by atoms with E-state index in [-0.39, 0.29) is 0 Å². The SMILES string of the molecule is CNc1ccnc(CN2CCCOC(C)C2)c1. The van der Waals surface area contributed by atoms with E-state index in [0.717, 1.165) is 44.0 Å². The zero-order valence-corrected chi connectivity index (χ0v) is 10.6. The molecule has 0 radical (unpaired) electrons. The summed E-state index contributed by atoms with van der Waals surface area (Å²) in [5, 5.41) is 3.14. The number of pyridine rings is 1. The zero-order chi connectivity index (χ0) is 12.1. The highest BCUT2D eigenvalue weighted by molar-refractivity contribution is 5.42. The maximum absolute atomic E-state index is 5.64. The third-order valence-electron chi connectivity index (χ3n) is 3.03. The van der Waals surface area contributed by atoms with Crippen LogP contribution in [0.15, 0.2) is 18.3 Å². The van der Waals surface area contributed by atoms with Gasteiger partial charge in [0.25, 0.3) is 0 Å². The Morgan fingerprint density at radius 2 is 2.47 bits per heavy atom. The highest BCUT2D eigenvalue weighted by Crippen LogP contribution is 2.12.